The lowest BCUT2D eigenvalue weighted by Crippen LogP contribution is -2.35. The number of amides is 1. The average molecular weight is 335 g/mol. The first-order chi connectivity index (χ1) is 9.75. The Bertz CT molecular complexity index is 517. The van der Waals surface area contributed by atoms with Gasteiger partial charge in [-0.1, -0.05) is 25.0 Å². The van der Waals surface area contributed by atoms with E-state index in [9.17, 15) is 4.79 Å². The minimum absolute atomic E-state index is 0.131. The van der Waals surface area contributed by atoms with Crippen LogP contribution in [0.25, 0.3) is 0 Å². The number of nitrogens with one attached hydrogen (secondary N) is 1. The van der Waals surface area contributed by atoms with E-state index in [1.54, 1.807) is 6.07 Å². The second-order valence-corrected chi connectivity index (χ2v) is 6.57. The highest BCUT2D eigenvalue weighted by Gasteiger charge is 2.32. The summed E-state index contributed by atoms with van der Waals surface area (Å²) >= 11 is 3.40. The monoisotopic (exact) mass is 334 g/mol. The SMILES string of the molecule is O=C(NN=C(C1CCC1)C1CCC1)c1ccccc1Br. The van der Waals surface area contributed by atoms with E-state index in [4.69, 9.17) is 0 Å². The number of carbonyl (C=O) groups is 1. The van der Waals surface area contributed by atoms with E-state index in [0.717, 1.165) is 4.47 Å². The van der Waals surface area contributed by atoms with Crippen LogP contribution in [0.1, 0.15) is 48.9 Å². The van der Waals surface area contributed by atoms with Gasteiger partial charge < -0.3 is 0 Å². The van der Waals surface area contributed by atoms with E-state index in [-0.39, 0.29) is 5.91 Å². The van der Waals surface area contributed by atoms with E-state index in [1.807, 2.05) is 18.2 Å². The van der Waals surface area contributed by atoms with Gasteiger partial charge in [0.2, 0.25) is 0 Å². The normalized spacial score (nSPS) is 18.9. The standard InChI is InChI=1S/C16H19BrN2O/c17-14-10-2-1-9-13(14)16(20)19-18-15(11-5-3-6-11)12-7-4-8-12/h1-2,9-12H,3-8H2,(H,19,20). The van der Waals surface area contributed by atoms with Gasteiger partial charge in [0.1, 0.15) is 0 Å². The van der Waals surface area contributed by atoms with E-state index in [2.05, 4.69) is 26.5 Å². The highest BCUT2D eigenvalue weighted by molar-refractivity contribution is 9.10. The molecular formula is C16H19BrN2O. The summed E-state index contributed by atoms with van der Waals surface area (Å²) in [4.78, 5) is 12.2. The van der Waals surface area contributed by atoms with Crippen LogP contribution < -0.4 is 5.43 Å². The van der Waals surface area contributed by atoms with Crippen molar-refractivity contribution in [3.05, 3.63) is 34.3 Å². The lowest BCUT2D eigenvalue weighted by molar-refractivity contribution is 0.0953. The molecule has 2 aliphatic carbocycles. The Morgan fingerprint density at radius 3 is 2.20 bits per heavy atom. The molecule has 1 N–H and O–H groups in total. The molecule has 0 bridgehead atoms. The Kier molecular flexibility index (Phi) is 4.20. The molecule has 0 aromatic heterocycles. The molecule has 1 aromatic carbocycles. The van der Waals surface area contributed by atoms with Gasteiger partial charge >= 0.3 is 0 Å². The summed E-state index contributed by atoms with van der Waals surface area (Å²) in [6, 6.07) is 7.44. The highest BCUT2D eigenvalue weighted by atomic mass is 79.9. The molecule has 0 spiro atoms. The van der Waals surface area contributed by atoms with Crippen molar-refractivity contribution in [2.75, 3.05) is 0 Å². The smallest absolute Gasteiger partial charge is 0.267 e. The molecule has 4 heteroatoms. The van der Waals surface area contributed by atoms with E-state index < -0.39 is 0 Å². The number of halogens is 1. The topological polar surface area (TPSA) is 41.5 Å². The lowest BCUT2D eigenvalue weighted by atomic mass is 9.71. The molecule has 0 aliphatic heterocycles. The van der Waals surface area contributed by atoms with Gasteiger partial charge in [-0.2, -0.15) is 5.10 Å². The number of rotatable bonds is 4. The van der Waals surface area contributed by atoms with Crippen molar-refractivity contribution in [1.82, 2.24) is 5.43 Å². The third kappa shape index (κ3) is 2.80. The maximum atomic E-state index is 12.2. The maximum absolute atomic E-state index is 12.2. The van der Waals surface area contributed by atoms with Gasteiger partial charge in [0.25, 0.3) is 5.91 Å². The lowest BCUT2D eigenvalue weighted by Gasteiger charge is -2.35. The molecule has 1 aromatic rings. The summed E-state index contributed by atoms with van der Waals surface area (Å²) in [6.45, 7) is 0. The summed E-state index contributed by atoms with van der Waals surface area (Å²) in [5.74, 6) is 1.09. The first-order valence-corrected chi connectivity index (χ1v) is 8.17. The molecule has 0 unspecified atom stereocenters. The van der Waals surface area contributed by atoms with Crippen LogP contribution in [0.4, 0.5) is 0 Å². The van der Waals surface area contributed by atoms with Gasteiger partial charge in [0.15, 0.2) is 0 Å². The summed E-state index contributed by atoms with van der Waals surface area (Å²) < 4.78 is 0.807. The number of benzene rings is 1. The van der Waals surface area contributed by atoms with Crippen molar-refractivity contribution >= 4 is 27.5 Å². The molecule has 2 saturated carbocycles. The van der Waals surface area contributed by atoms with Crippen molar-refractivity contribution in [2.24, 2.45) is 16.9 Å². The summed E-state index contributed by atoms with van der Waals surface area (Å²) in [6.07, 6.45) is 7.55. The largest absolute Gasteiger partial charge is 0.272 e. The quantitative estimate of drug-likeness (QED) is 0.652. The predicted molar refractivity (Wildman–Crippen MR) is 83.7 cm³/mol. The van der Waals surface area contributed by atoms with E-state index in [0.29, 0.717) is 17.4 Å². The average Bonchev–Trinajstić information content (AvgIpc) is 2.31. The Morgan fingerprint density at radius 2 is 1.70 bits per heavy atom. The van der Waals surface area contributed by atoms with Crippen LogP contribution >= 0.6 is 15.9 Å². The Morgan fingerprint density at radius 1 is 1.10 bits per heavy atom. The zero-order chi connectivity index (χ0) is 13.9. The molecule has 0 radical (unpaired) electrons. The number of hydrogen-bond acceptors (Lipinski definition) is 2. The van der Waals surface area contributed by atoms with Gasteiger partial charge in [0, 0.05) is 10.2 Å². The second-order valence-electron chi connectivity index (χ2n) is 5.71. The van der Waals surface area contributed by atoms with Crippen molar-refractivity contribution in [1.29, 1.82) is 0 Å². The molecular weight excluding hydrogens is 316 g/mol. The third-order valence-corrected chi connectivity index (χ3v) is 5.14. The fourth-order valence-electron chi connectivity index (χ4n) is 2.74. The molecule has 3 rings (SSSR count). The van der Waals surface area contributed by atoms with E-state index >= 15 is 0 Å². The molecule has 2 aliphatic rings. The molecule has 1 amide bonds. The van der Waals surface area contributed by atoms with Gasteiger partial charge in [-0.25, -0.2) is 5.43 Å². The minimum atomic E-state index is -0.131. The van der Waals surface area contributed by atoms with Crippen LogP contribution in [-0.2, 0) is 0 Å². The minimum Gasteiger partial charge on any atom is -0.267 e. The number of carbonyl (C=O) groups excluding carboxylic acids is 1. The van der Waals surface area contributed by atoms with Gasteiger partial charge in [-0.3, -0.25) is 4.79 Å². The fourth-order valence-corrected chi connectivity index (χ4v) is 3.21. The van der Waals surface area contributed by atoms with Crippen molar-refractivity contribution in [3.8, 4) is 0 Å². The van der Waals surface area contributed by atoms with Crippen LogP contribution in [0.5, 0.6) is 0 Å². The van der Waals surface area contributed by atoms with Crippen molar-refractivity contribution < 1.29 is 4.79 Å². The first kappa shape index (κ1) is 13.8. The van der Waals surface area contributed by atoms with Crippen LogP contribution in [0.3, 0.4) is 0 Å². The van der Waals surface area contributed by atoms with Crippen LogP contribution in [-0.4, -0.2) is 11.6 Å². The van der Waals surface area contributed by atoms with Gasteiger partial charge in [-0.05, 0) is 65.6 Å². The Balaban J connectivity index is 1.70. The molecule has 106 valence electrons. The highest BCUT2D eigenvalue weighted by Crippen LogP contribution is 2.37. The summed E-state index contributed by atoms with van der Waals surface area (Å²) in [7, 11) is 0. The fraction of sp³-hybridized carbons (Fsp3) is 0.500. The summed E-state index contributed by atoms with van der Waals surface area (Å²) in [5, 5.41) is 4.48. The molecule has 20 heavy (non-hydrogen) atoms. The predicted octanol–water partition coefficient (Wildman–Crippen LogP) is 4.14. The molecule has 2 fully saturated rings. The Hall–Kier alpha value is -1.16. The number of hydrogen-bond donors (Lipinski definition) is 1. The number of hydrazone groups is 1. The molecule has 0 atom stereocenters. The van der Waals surface area contributed by atoms with Gasteiger partial charge in [0.05, 0.1) is 5.56 Å². The van der Waals surface area contributed by atoms with Crippen molar-refractivity contribution in [3.63, 3.8) is 0 Å². The zero-order valence-electron chi connectivity index (χ0n) is 11.4. The van der Waals surface area contributed by atoms with Gasteiger partial charge in [-0.15, -0.1) is 0 Å². The van der Waals surface area contributed by atoms with Crippen LogP contribution in [0.15, 0.2) is 33.8 Å². The van der Waals surface area contributed by atoms with Crippen LogP contribution in [0, 0.1) is 11.8 Å². The Labute approximate surface area is 128 Å². The molecule has 0 saturated heterocycles. The van der Waals surface area contributed by atoms with E-state index in [1.165, 1.54) is 44.2 Å². The second kappa shape index (κ2) is 6.08. The maximum Gasteiger partial charge on any atom is 0.272 e. The summed E-state index contributed by atoms with van der Waals surface area (Å²) in [5.41, 5.74) is 4.63. The first-order valence-electron chi connectivity index (χ1n) is 7.38. The van der Waals surface area contributed by atoms with Crippen LogP contribution in [0.2, 0.25) is 0 Å². The molecule has 3 nitrogen and oxygen atoms in total. The number of nitrogens with zero attached hydrogens (tertiary/aromatic N) is 1. The van der Waals surface area contributed by atoms with Crippen molar-refractivity contribution in [2.45, 2.75) is 38.5 Å². The zero-order valence-corrected chi connectivity index (χ0v) is 13.0. The molecule has 0 heterocycles. The third-order valence-electron chi connectivity index (χ3n) is 4.45.